The summed E-state index contributed by atoms with van der Waals surface area (Å²) >= 11 is 0. The van der Waals surface area contributed by atoms with Crippen LogP contribution in [0.3, 0.4) is 0 Å². The smallest absolute Gasteiger partial charge is 0.0577 e. The first kappa shape index (κ1) is 21.3. The monoisotopic (exact) mass is 455 g/mol. The van der Waals surface area contributed by atoms with Crippen LogP contribution in [0.15, 0.2) is 127 Å². The van der Waals surface area contributed by atoms with Gasteiger partial charge in [-0.3, -0.25) is 0 Å². The fraction of sp³-hybridized carbons (Fsp3) is 0.125. The lowest BCUT2D eigenvalue weighted by molar-refractivity contribution is 0.723. The average molecular weight is 456 g/mol. The van der Waals surface area contributed by atoms with Gasteiger partial charge in [0.15, 0.2) is 0 Å². The molecule has 4 aromatic carbocycles. The van der Waals surface area contributed by atoms with Crippen molar-refractivity contribution in [1.29, 1.82) is 0 Å². The molecule has 0 N–H and O–H groups in total. The summed E-state index contributed by atoms with van der Waals surface area (Å²) in [5.41, 5.74) is 8.50. The third-order valence-electron chi connectivity index (χ3n) is 7.21. The number of nitrogens with zero attached hydrogens (tertiary/aromatic N) is 3. The molecule has 0 amide bonds. The van der Waals surface area contributed by atoms with Gasteiger partial charge in [-0.25, -0.2) is 0 Å². The summed E-state index contributed by atoms with van der Waals surface area (Å²) in [7, 11) is 4.31. The molecule has 3 heteroatoms. The Morgan fingerprint density at radius 2 is 1.14 bits per heavy atom. The molecule has 35 heavy (non-hydrogen) atoms. The van der Waals surface area contributed by atoms with Gasteiger partial charge in [0.05, 0.1) is 6.04 Å². The Bertz CT molecular complexity index is 1370. The Morgan fingerprint density at radius 1 is 0.600 bits per heavy atom. The van der Waals surface area contributed by atoms with Gasteiger partial charge in [0.25, 0.3) is 0 Å². The molecule has 0 saturated carbocycles. The van der Waals surface area contributed by atoms with Crippen molar-refractivity contribution in [2.24, 2.45) is 0 Å². The van der Waals surface area contributed by atoms with Gasteiger partial charge in [-0.2, -0.15) is 0 Å². The van der Waals surface area contributed by atoms with E-state index in [4.69, 9.17) is 0 Å². The van der Waals surface area contributed by atoms with Crippen LogP contribution in [0.1, 0.15) is 11.5 Å². The van der Waals surface area contributed by atoms with Crippen molar-refractivity contribution in [2.75, 3.05) is 28.8 Å². The highest BCUT2D eigenvalue weighted by molar-refractivity contribution is 5.81. The van der Waals surface area contributed by atoms with Gasteiger partial charge >= 0.3 is 0 Å². The fourth-order valence-electron chi connectivity index (χ4n) is 5.33. The first-order valence-corrected chi connectivity index (χ1v) is 12.2. The number of hydrogen-bond donors (Lipinski definition) is 0. The summed E-state index contributed by atoms with van der Waals surface area (Å²) in [6.45, 7) is 0. The Balaban J connectivity index is 1.39. The molecule has 1 aliphatic carbocycles. The van der Waals surface area contributed by atoms with E-state index < -0.39 is 0 Å². The fourth-order valence-corrected chi connectivity index (χ4v) is 5.33. The first-order chi connectivity index (χ1) is 17.2. The molecular formula is C32H29N3. The molecule has 0 aromatic heterocycles. The predicted octanol–water partition coefficient (Wildman–Crippen LogP) is 7.95. The largest absolute Gasteiger partial charge is 0.367 e. The van der Waals surface area contributed by atoms with Crippen LogP contribution < -0.4 is 14.7 Å². The summed E-state index contributed by atoms with van der Waals surface area (Å²) in [5.74, 6) is 0.388. The molecule has 0 bridgehead atoms. The zero-order valence-corrected chi connectivity index (χ0v) is 20.1. The summed E-state index contributed by atoms with van der Waals surface area (Å²) < 4.78 is 0. The predicted molar refractivity (Wildman–Crippen MR) is 149 cm³/mol. The standard InChI is InChI=1S/C32H29N3/c1-33(24-11-5-3-6-12-24)25-17-19-27(20-18-25)35(26-13-7-4-8-14-26)28-21-22-32-30(23-28)29-15-9-10-16-31(29)34(32)2/h3-23,29,31H,1-2H3. The maximum Gasteiger partial charge on any atom is 0.0577 e. The maximum atomic E-state index is 2.39. The third-order valence-corrected chi connectivity index (χ3v) is 7.21. The lowest BCUT2D eigenvalue weighted by atomic mass is 9.91. The molecule has 2 unspecified atom stereocenters. The number of benzene rings is 4. The van der Waals surface area contributed by atoms with E-state index in [0.29, 0.717) is 12.0 Å². The number of fused-ring (bicyclic) bond motifs is 3. The minimum Gasteiger partial charge on any atom is -0.367 e. The van der Waals surface area contributed by atoms with Crippen molar-refractivity contribution >= 4 is 34.1 Å². The topological polar surface area (TPSA) is 9.72 Å². The van der Waals surface area contributed by atoms with Crippen LogP contribution in [0, 0.1) is 0 Å². The number of likely N-dealkylation sites (N-methyl/N-ethyl adjacent to an activating group) is 1. The summed E-state index contributed by atoms with van der Waals surface area (Å²) in [4.78, 5) is 6.96. The van der Waals surface area contributed by atoms with Crippen molar-refractivity contribution in [3.63, 3.8) is 0 Å². The van der Waals surface area contributed by atoms with Crippen molar-refractivity contribution in [3.8, 4) is 0 Å². The van der Waals surface area contributed by atoms with Crippen molar-refractivity contribution in [3.05, 3.63) is 133 Å². The average Bonchev–Trinajstić information content (AvgIpc) is 3.21. The third kappa shape index (κ3) is 3.79. The molecule has 0 radical (unpaired) electrons. The molecule has 172 valence electrons. The van der Waals surface area contributed by atoms with E-state index in [-0.39, 0.29) is 0 Å². The normalized spacial score (nSPS) is 17.7. The van der Waals surface area contributed by atoms with Gasteiger partial charge in [0.2, 0.25) is 0 Å². The van der Waals surface area contributed by atoms with E-state index in [9.17, 15) is 0 Å². The quantitative estimate of drug-likeness (QED) is 0.302. The van der Waals surface area contributed by atoms with Crippen LogP contribution in [0.5, 0.6) is 0 Å². The van der Waals surface area contributed by atoms with Gasteiger partial charge in [0, 0.05) is 54.1 Å². The minimum absolute atomic E-state index is 0.388. The molecule has 0 saturated heterocycles. The first-order valence-electron chi connectivity index (χ1n) is 12.2. The van der Waals surface area contributed by atoms with Crippen molar-refractivity contribution in [1.82, 2.24) is 0 Å². The Morgan fingerprint density at radius 3 is 1.86 bits per heavy atom. The van der Waals surface area contributed by atoms with Crippen LogP contribution >= 0.6 is 0 Å². The van der Waals surface area contributed by atoms with Gasteiger partial charge in [-0.15, -0.1) is 0 Å². The second-order valence-corrected chi connectivity index (χ2v) is 9.22. The van der Waals surface area contributed by atoms with Crippen LogP contribution in [0.25, 0.3) is 0 Å². The molecule has 0 spiro atoms. The van der Waals surface area contributed by atoms with E-state index in [0.717, 1.165) is 17.1 Å². The van der Waals surface area contributed by atoms with Gasteiger partial charge in [-0.1, -0.05) is 60.7 Å². The number of allylic oxidation sites excluding steroid dienone is 2. The zero-order valence-electron chi connectivity index (χ0n) is 20.1. The number of para-hydroxylation sites is 2. The second-order valence-electron chi connectivity index (χ2n) is 9.22. The van der Waals surface area contributed by atoms with Crippen molar-refractivity contribution in [2.45, 2.75) is 12.0 Å². The summed E-state index contributed by atoms with van der Waals surface area (Å²) in [6, 6.07) is 37.2. The highest BCUT2D eigenvalue weighted by atomic mass is 15.2. The molecule has 6 rings (SSSR count). The minimum atomic E-state index is 0.388. The van der Waals surface area contributed by atoms with E-state index in [1.807, 2.05) is 6.07 Å². The van der Waals surface area contributed by atoms with E-state index in [2.05, 4.69) is 150 Å². The van der Waals surface area contributed by atoms with Gasteiger partial charge < -0.3 is 14.7 Å². The molecular weight excluding hydrogens is 426 g/mol. The lowest BCUT2D eigenvalue weighted by Crippen LogP contribution is -2.28. The number of anilines is 6. The van der Waals surface area contributed by atoms with Crippen LogP contribution in [0.4, 0.5) is 34.1 Å². The molecule has 3 nitrogen and oxygen atoms in total. The summed E-state index contributed by atoms with van der Waals surface area (Å²) in [5, 5.41) is 0. The van der Waals surface area contributed by atoms with Gasteiger partial charge in [0.1, 0.15) is 0 Å². The Labute approximate surface area is 207 Å². The number of hydrogen-bond acceptors (Lipinski definition) is 3. The molecule has 1 aliphatic heterocycles. The summed E-state index contributed by atoms with van der Waals surface area (Å²) in [6.07, 6.45) is 8.97. The van der Waals surface area contributed by atoms with Crippen LogP contribution in [-0.2, 0) is 0 Å². The van der Waals surface area contributed by atoms with Crippen LogP contribution in [-0.4, -0.2) is 20.1 Å². The second kappa shape index (κ2) is 8.84. The zero-order chi connectivity index (χ0) is 23.8. The SMILES string of the molecule is CN(c1ccccc1)c1ccc(N(c2ccccc2)c2ccc3c(c2)C2C=CC=CC2N3C)cc1. The Kier molecular flexibility index (Phi) is 5.38. The maximum absolute atomic E-state index is 2.39. The van der Waals surface area contributed by atoms with E-state index in [1.165, 1.54) is 22.6 Å². The van der Waals surface area contributed by atoms with E-state index in [1.54, 1.807) is 0 Å². The molecule has 2 atom stereocenters. The van der Waals surface area contributed by atoms with Crippen LogP contribution in [0.2, 0.25) is 0 Å². The van der Waals surface area contributed by atoms with Crippen molar-refractivity contribution < 1.29 is 0 Å². The van der Waals surface area contributed by atoms with E-state index >= 15 is 0 Å². The Hall–Kier alpha value is -4.24. The highest BCUT2D eigenvalue weighted by Gasteiger charge is 2.34. The highest BCUT2D eigenvalue weighted by Crippen LogP contribution is 2.46. The molecule has 0 fully saturated rings. The molecule has 4 aromatic rings. The molecule has 2 aliphatic rings. The van der Waals surface area contributed by atoms with Gasteiger partial charge in [-0.05, 0) is 72.3 Å². The number of rotatable bonds is 5. The lowest BCUT2D eigenvalue weighted by Gasteiger charge is -2.27. The molecule has 1 heterocycles.